The first-order chi connectivity index (χ1) is 15.1. The van der Waals surface area contributed by atoms with Gasteiger partial charge >= 0.3 is 0 Å². The van der Waals surface area contributed by atoms with E-state index < -0.39 is 6.10 Å². The number of aromatic nitrogens is 5. The second kappa shape index (κ2) is 8.71. The van der Waals surface area contributed by atoms with Gasteiger partial charge in [0.15, 0.2) is 5.82 Å². The van der Waals surface area contributed by atoms with Gasteiger partial charge in [-0.25, -0.2) is 14.6 Å². The molecule has 3 N–H and O–H groups in total. The summed E-state index contributed by atoms with van der Waals surface area (Å²) in [5, 5.41) is 23.6. The standard InChI is InChI=1S/C22H19N7O2/c1-29-21(10-18(28-29)22-25-7-2-8-26-22)31-20-9-14(11-23)3-5-16(20)17-6-4-15(13-27-17)19(30)12-24/h2-10,13,19,30H,12,24H2,1H3/t19-/m1/s1. The number of rotatable bonds is 6. The van der Waals surface area contributed by atoms with Crippen LogP contribution in [0.25, 0.3) is 22.8 Å². The monoisotopic (exact) mass is 413 g/mol. The Kier molecular flexibility index (Phi) is 5.66. The molecule has 31 heavy (non-hydrogen) atoms. The molecule has 0 radical (unpaired) electrons. The molecular formula is C22H19N7O2. The predicted molar refractivity (Wildman–Crippen MR) is 113 cm³/mol. The number of hydrogen-bond acceptors (Lipinski definition) is 8. The fourth-order valence-corrected chi connectivity index (χ4v) is 2.98. The number of nitrogens with two attached hydrogens (primary N) is 1. The van der Waals surface area contributed by atoms with E-state index in [-0.39, 0.29) is 6.54 Å². The Bertz CT molecular complexity index is 1230. The Morgan fingerprint density at radius 1 is 1.13 bits per heavy atom. The summed E-state index contributed by atoms with van der Waals surface area (Å²) < 4.78 is 7.69. The number of aryl methyl sites for hydroxylation is 1. The molecule has 9 heteroatoms. The van der Waals surface area contributed by atoms with Crippen molar-refractivity contribution in [2.45, 2.75) is 6.10 Å². The third kappa shape index (κ3) is 4.25. The van der Waals surface area contributed by atoms with Crippen molar-refractivity contribution in [3.05, 3.63) is 72.2 Å². The summed E-state index contributed by atoms with van der Waals surface area (Å²) in [4.78, 5) is 12.8. The Morgan fingerprint density at radius 2 is 1.94 bits per heavy atom. The van der Waals surface area contributed by atoms with Gasteiger partial charge in [0, 0.05) is 49.4 Å². The number of hydrogen-bond donors (Lipinski definition) is 2. The number of benzene rings is 1. The van der Waals surface area contributed by atoms with Crippen LogP contribution in [0.2, 0.25) is 0 Å². The third-order valence-corrected chi connectivity index (χ3v) is 4.63. The second-order valence-corrected chi connectivity index (χ2v) is 6.72. The highest BCUT2D eigenvalue weighted by Gasteiger charge is 2.16. The van der Waals surface area contributed by atoms with Crippen molar-refractivity contribution in [2.24, 2.45) is 12.8 Å². The molecule has 0 saturated heterocycles. The van der Waals surface area contributed by atoms with Gasteiger partial charge in [-0.2, -0.15) is 10.4 Å². The number of nitriles is 1. The molecule has 0 saturated carbocycles. The van der Waals surface area contributed by atoms with Gasteiger partial charge in [0.1, 0.15) is 11.4 Å². The van der Waals surface area contributed by atoms with E-state index in [4.69, 9.17) is 10.5 Å². The zero-order chi connectivity index (χ0) is 21.8. The minimum absolute atomic E-state index is 0.111. The van der Waals surface area contributed by atoms with E-state index in [2.05, 4.69) is 26.1 Å². The number of ether oxygens (including phenoxy) is 1. The van der Waals surface area contributed by atoms with E-state index in [0.29, 0.717) is 45.5 Å². The van der Waals surface area contributed by atoms with Gasteiger partial charge in [-0.3, -0.25) is 4.98 Å². The van der Waals surface area contributed by atoms with Crippen molar-refractivity contribution in [3.63, 3.8) is 0 Å². The molecule has 0 aliphatic carbocycles. The van der Waals surface area contributed by atoms with Crippen LogP contribution in [0.4, 0.5) is 0 Å². The lowest BCUT2D eigenvalue weighted by atomic mass is 10.1. The van der Waals surface area contributed by atoms with Gasteiger partial charge < -0.3 is 15.6 Å². The van der Waals surface area contributed by atoms with Crippen molar-refractivity contribution in [1.82, 2.24) is 24.7 Å². The van der Waals surface area contributed by atoms with Gasteiger partial charge in [0.25, 0.3) is 0 Å². The molecule has 9 nitrogen and oxygen atoms in total. The van der Waals surface area contributed by atoms with Crippen molar-refractivity contribution in [3.8, 4) is 40.5 Å². The molecule has 3 heterocycles. The van der Waals surface area contributed by atoms with Crippen molar-refractivity contribution >= 4 is 0 Å². The number of aliphatic hydroxyl groups is 1. The summed E-state index contributed by atoms with van der Waals surface area (Å²) in [6.45, 7) is 0.111. The zero-order valence-corrected chi connectivity index (χ0v) is 16.7. The van der Waals surface area contributed by atoms with Gasteiger partial charge in [0.2, 0.25) is 5.88 Å². The van der Waals surface area contributed by atoms with E-state index in [1.54, 1.807) is 72.8 Å². The van der Waals surface area contributed by atoms with Crippen molar-refractivity contribution < 1.29 is 9.84 Å². The lowest BCUT2D eigenvalue weighted by Gasteiger charge is -2.12. The molecule has 4 rings (SSSR count). The Balaban J connectivity index is 1.70. The molecule has 0 aliphatic rings. The molecule has 1 atom stereocenters. The summed E-state index contributed by atoms with van der Waals surface area (Å²) in [5.74, 6) is 1.38. The smallest absolute Gasteiger partial charge is 0.218 e. The lowest BCUT2D eigenvalue weighted by Crippen LogP contribution is -2.11. The third-order valence-electron chi connectivity index (χ3n) is 4.63. The highest BCUT2D eigenvalue weighted by atomic mass is 16.5. The highest BCUT2D eigenvalue weighted by molar-refractivity contribution is 5.69. The molecular weight excluding hydrogens is 394 g/mol. The van der Waals surface area contributed by atoms with Gasteiger partial charge in [0.05, 0.1) is 23.4 Å². The molecule has 3 aromatic heterocycles. The number of nitrogens with zero attached hydrogens (tertiary/aromatic N) is 6. The van der Waals surface area contributed by atoms with Crippen LogP contribution in [0.5, 0.6) is 11.6 Å². The fraction of sp³-hybridized carbons (Fsp3) is 0.136. The van der Waals surface area contributed by atoms with Crippen LogP contribution >= 0.6 is 0 Å². The maximum absolute atomic E-state index is 9.89. The quantitative estimate of drug-likeness (QED) is 0.492. The minimum Gasteiger partial charge on any atom is -0.439 e. The van der Waals surface area contributed by atoms with Gasteiger partial charge in [-0.05, 0) is 30.3 Å². The van der Waals surface area contributed by atoms with E-state index in [9.17, 15) is 10.4 Å². The average Bonchev–Trinajstić information content (AvgIpc) is 3.19. The number of aliphatic hydroxyl groups excluding tert-OH is 1. The van der Waals surface area contributed by atoms with Crippen LogP contribution in [0.1, 0.15) is 17.2 Å². The lowest BCUT2D eigenvalue weighted by molar-refractivity contribution is 0.186. The normalized spacial score (nSPS) is 11.7. The zero-order valence-electron chi connectivity index (χ0n) is 16.7. The summed E-state index contributed by atoms with van der Waals surface area (Å²) in [7, 11) is 1.75. The highest BCUT2D eigenvalue weighted by Crippen LogP contribution is 2.34. The molecule has 0 bridgehead atoms. The first kappa shape index (κ1) is 20.2. The Labute approximate surface area is 178 Å². The van der Waals surface area contributed by atoms with Crippen LogP contribution < -0.4 is 10.5 Å². The van der Waals surface area contributed by atoms with E-state index >= 15 is 0 Å². The predicted octanol–water partition coefficient (Wildman–Crippen LogP) is 2.60. The van der Waals surface area contributed by atoms with Crippen LogP contribution in [0, 0.1) is 11.3 Å². The van der Waals surface area contributed by atoms with Gasteiger partial charge in [-0.15, -0.1) is 0 Å². The fourth-order valence-electron chi connectivity index (χ4n) is 2.98. The van der Waals surface area contributed by atoms with Crippen LogP contribution in [0.3, 0.4) is 0 Å². The molecule has 0 fully saturated rings. The van der Waals surface area contributed by atoms with E-state index in [0.717, 1.165) is 0 Å². The summed E-state index contributed by atoms with van der Waals surface area (Å²) >= 11 is 0. The molecule has 4 aromatic rings. The topological polar surface area (TPSA) is 136 Å². The second-order valence-electron chi connectivity index (χ2n) is 6.72. The summed E-state index contributed by atoms with van der Waals surface area (Å²) in [5.41, 5.74) is 8.46. The first-order valence-corrected chi connectivity index (χ1v) is 9.47. The maximum Gasteiger partial charge on any atom is 0.218 e. The summed E-state index contributed by atoms with van der Waals surface area (Å²) in [6.07, 6.45) is 4.08. The molecule has 154 valence electrons. The van der Waals surface area contributed by atoms with Gasteiger partial charge in [-0.1, -0.05) is 6.07 Å². The molecule has 0 aliphatic heterocycles. The summed E-state index contributed by atoms with van der Waals surface area (Å²) in [6, 6.07) is 14.2. The molecule has 0 spiro atoms. The average molecular weight is 413 g/mol. The molecule has 0 unspecified atom stereocenters. The molecule has 1 aromatic carbocycles. The SMILES string of the molecule is Cn1nc(-c2ncccn2)cc1Oc1cc(C#N)ccc1-c1ccc([C@H](O)CN)cn1. The van der Waals surface area contributed by atoms with E-state index in [1.807, 2.05) is 0 Å². The van der Waals surface area contributed by atoms with E-state index in [1.165, 1.54) is 0 Å². The minimum atomic E-state index is -0.772. The molecule has 0 amide bonds. The van der Waals surface area contributed by atoms with Crippen LogP contribution in [0.15, 0.2) is 61.1 Å². The van der Waals surface area contributed by atoms with Crippen LogP contribution in [-0.4, -0.2) is 36.4 Å². The largest absolute Gasteiger partial charge is 0.439 e. The Morgan fingerprint density at radius 3 is 2.61 bits per heavy atom. The van der Waals surface area contributed by atoms with Crippen LogP contribution in [-0.2, 0) is 7.05 Å². The Hall–Kier alpha value is -4.13. The van der Waals surface area contributed by atoms with Crippen molar-refractivity contribution in [2.75, 3.05) is 6.54 Å². The maximum atomic E-state index is 9.89. The first-order valence-electron chi connectivity index (χ1n) is 9.47. The van der Waals surface area contributed by atoms with Crippen molar-refractivity contribution in [1.29, 1.82) is 5.26 Å². The number of pyridine rings is 1.